The van der Waals surface area contributed by atoms with Gasteiger partial charge in [-0.05, 0) is 46.6 Å². The summed E-state index contributed by atoms with van der Waals surface area (Å²) in [7, 11) is 3.56. The van der Waals surface area contributed by atoms with Gasteiger partial charge >= 0.3 is 0 Å². The van der Waals surface area contributed by atoms with Gasteiger partial charge in [-0.25, -0.2) is 0 Å². The normalized spacial score (nSPS) is 12.4. The molecule has 1 unspecified atom stereocenters. The molecule has 0 aliphatic carbocycles. The molecule has 0 aliphatic heterocycles. The predicted octanol–water partition coefficient (Wildman–Crippen LogP) is 2.87. The van der Waals surface area contributed by atoms with Crippen molar-refractivity contribution in [3.8, 4) is 5.75 Å². The van der Waals surface area contributed by atoms with Gasteiger partial charge in [-0.1, -0.05) is 18.2 Å². The lowest BCUT2D eigenvalue weighted by Gasteiger charge is -2.19. The van der Waals surface area contributed by atoms with Crippen LogP contribution in [0.15, 0.2) is 28.9 Å². The first-order valence-corrected chi connectivity index (χ1v) is 7.85. The Morgan fingerprint density at radius 3 is 2.81 bits per heavy atom. The molecule has 0 saturated carbocycles. The van der Waals surface area contributed by atoms with Crippen LogP contribution in [0.25, 0.3) is 0 Å². The maximum atomic E-state index is 5.29. The zero-order valence-electron chi connectivity index (χ0n) is 12.6. The molecule has 0 bridgehead atoms. The lowest BCUT2D eigenvalue weighted by Crippen LogP contribution is -2.24. The van der Waals surface area contributed by atoms with Gasteiger partial charge in [0.1, 0.15) is 5.75 Å². The topological polar surface area (TPSA) is 52.0 Å². The van der Waals surface area contributed by atoms with Gasteiger partial charge in [-0.2, -0.15) is 0 Å². The Morgan fingerprint density at radius 2 is 2.24 bits per heavy atom. The highest BCUT2D eigenvalue weighted by atomic mass is 79.9. The van der Waals surface area contributed by atoms with E-state index >= 15 is 0 Å². The number of aryl methyl sites for hydroxylation is 1. The van der Waals surface area contributed by atoms with E-state index in [1.807, 2.05) is 19.3 Å². The summed E-state index contributed by atoms with van der Waals surface area (Å²) in [6.07, 6.45) is 3.86. The minimum Gasteiger partial charge on any atom is -0.496 e. The Labute approximate surface area is 133 Å². The van der Waals surface area contributed by atoms with Gasteiger partial charge in [0, 0.05) is 25.7 Å². The third kappa shape index (κ3) is 4.28. The van der Waals surface area contributed by atoms with Crippen molar-refractivity contribution in [2.45, 2.75) is 25.8 Å². The molecule has 0 amide bonds. The maximum absolute atomic E-state index is 5.29. The number of hydrogen-bond acceptors (Lipinski definition) is 4. The first-order chi connectivity index (χ1) is 10.1. The second-order valence-corrected chi connectivity index (χ2v) is 5.84. The van der Waals surface area contributed by atoms with Gasteiger partial charge < -0.3 is 10.1 Å². The number of rotatable bonds is 7. The summed E-state index contributed by atoms with van der Waals surface area (Å²) in [6, 6.07) is 6.39. The van der Waals surface area contributed by atoms with Crippen LogP contribution in [-0.4, -0.2) is 28.6 Å². The first-order valence-electron chi connectivity index (χ1n) is 7.06. The van der Waals surface area contributed by atoms with E-state index in [-0.39, 0.29) is 6.04 Å². The van der Waals surface area contributed by atoms with E-state index in [0.29, 0.717) is 0 Å². The van der Waals surface area contributed by atoms with Gasteiger partial charge in [-0.15, -0.1) is 5.10 Å². The number of methoxy groups -OCH3 is 1. The molecule has 0 spiro atoms. The third-order valence-electron chi connectivity index (χ3n) is 3.28. The van der Waals surface area contributed by atoms with Gasteiger partial charge in [0.2, 0.25) is 0 Å². The minimum atomic E-state index is 0.212. The Morgan fingerprint density at radius 1 is 1.43 bits per heavy atom. The summed E-state index contributed by atoms with van der Waals surface area (Å²) in [5, 5.41) is 11.7. The van der Waals surface area contributed by atoms with Gasteiger partial charge in [0.15, 0.2) is 0 Å². The molecule has 6 heteroatoms. The summed E-state index contributed by atoms with van der Waals surface area (Å²) in [5.41, 5.74) is 2.19. The number of aromatic nitrogens is 3. The molecule has 114 valence electrons. The number of halogens is 1. The summed E-state index contributed by atoms with van der Waals surface area (Å²) in [4.78, 5) is 0. The molecule has 1 heterocycles. The van der Waals surface area contributed by atoms with Crippen LogP contribution in [-0.2, 0) is 13.5 Å². The van der Waals surface area contributed by atoms with Crippen molar-refractivity contribution in [1.82, 2.24) is 20.3 Å². The fourth-order valence-electron chi connectivity index (χ4n) is 2.22. The molecular weight excluding hydrogens is 332 g/mol. The highest BCUT2D eigenvalue weighted by Crippen LogP contribution is 2.29. The van der Waals surface area contributed by atoms with Gasteiger partial charge in [0.05, 0.1) is 17.3 Å². The minimum absolute atomic E-state index is 0.212. The summed E-state index contributed by atoms with van der Waals surface area (Å²) in [6.45, 7) is 3.13. The highest BCUT2D eigenvalue weighted by Gasteiger charge is 2.15. The molecule has 1 N–H and O–H groups in total. The zero-order chi connectivity index (χ0) is 15.2. The van der Waals surface area contributed by atoms with E-state index in [0.717, 1.165) is 35.3 Å². The van der Waals surface area contributed by atoms with E-state index in [2.05, 4.69) is 50.6 Å². The second kappa shape index (κ2) is 7.56. The Kier molecular flexibility index (Phi) is 5.76. The monoisotopic (exact) mass is 352 g/mol. The second-order valence-electron chi connectivity index (χ2n) is 4.99. The number of ether oxygens (including phenoxy) is 1. The van der Waals surface area contributed by atoms with E-state index < -0.39 is 0 Å². The molecule has 0 aliphatic rings. The molecule has 21 heavy (non-hydrogen) atoms. The quantitative estimate of drug-likeness (QED) is 0.832. The molecule has 0 fully saturated rings. The molecule has 1 aromatic heterocycles. The molecule has 5 nitrogen and oxygen atoms in total. The molecular formula is C15H21BrN4O. The number of nitrogens with zero attached hydrogens (tertiary/aromatic N) is 3. The molecule has 0 radical (unpaired) electrons. The lowest BCUT2D eigenvalue weighted by molar-refractivity contribution is 0.411. The predicted molar refractivity (Wildman–Crippen MR) is 86.4 cm³/mol. The van der Waals surface area contributed by atoms with Gasteiger partial charge in [0.25, 0.3) is 0 Å². The van der Waals surface area contributed by atoms with Crippen molar-refractivity contribution in [1.29, 1.82) is 0 Å². The van der Waals surface area contributed by atoms with Crippen LogP contribution in [0.1, 0.15) is 30.6 Å². The Bertz CT molecular complexity index is 585. The van der Waals surface area contributed by atoms with Crippen LogP contribution >= 0.6 is 15.9 Å². The number of benzene rings is 1. The van der Waals surface area contributed by atoms with E-state index in [9.17, 15) is 0 Å². The van der Waals surface area contributed by atoms with Crippen molar-refractivity contribution in [2.24, 2.45) is 7.05 Å². The number of hydrogen-bond donors (Lipinski definition) is 1. The highest BCUT2D eigenvalue weighted by molar-refractivity contribution is 9.10. The average Bonchev–Trinajstić information content (AvgIpc) is 2.88. The lowest BCUT2D eigenvalue weighted by atomic mass is 10.0. The van der Waals surface area contributed by atoms with E-state index in [1.54, 1.807) is 11.8 Å². The molecule has 0 saturated heterocycles. The van der Waals surface area contributed by atoms with Gasteiger partial charge in [-0.3, -0.25) is 4.68 Å². The largest absolute Gasteiger partial charge is 0.496 e. The van der Waals surface area contributed by atoms with Crippen LogP contribution in [0.2, 0.25) is 0 Å². The average molecular weight is 353 g/mol. The maximum Gasteiger partial charge on any atom is 0.133 e. The fraction of sp³-hybridized carbons (Fsp3) is 0.467. The Hall–Kier alpha value is -1.40. The SMILES string of the molecule is CCCNC(Cc1cn(C)nn1)c1ccc(OC)c(Br)c1. The van der Waals surface area contributed by atoms with Crippen LogP contribution < -0.4 is 10.1 Å². The summed E-state index contributed by atoms with van der Waals surface area (Å²) in [5.74, 6) is 0.840. The van der Waals surface area contributed by atoms with Crippen molar-refractivity contribution >= 4 is 15.9 Å². The molecule has 2 rings (SSSR count). The smallest absolute Gasteiger partial charge is 0.133 e. The van der Waals surface area contributed by atoms with Crippen LogP contribution in [0.4, 0.5) is 0 Å². The van der Waals surface area contributed by atoms with E-state index in [4.69, 9.17) is 4.74 Å². The van der Waals surface area contributed by atoms with Crippen LogP contribution in [0.3, 0.4) is 0 Å². The first kappa shape index (κ1) is 16.0. The van der Waals surface area contributed by atoms with Crippen LogP contribution in [0, 0.1) is 0 Å². The third-order valence-corrected chi connectivity index (χ3v) is 3.90. The molecule has 2 aromatic rings. The number of nitrogens with one attached hydrogen (secondary N) is 1. The van der Waals surface area contributed by atoms with Crippen molar-refractivity contribution < 1.29 is 4.74 Å². The van der Waals surface area contributed by atoms with Crippen LogP contribution in [0.5, 0.6) is 5.75 Å². The zero-order valence-corrected chi connectivity index (χ0v) is 14.2. The molecule has 1 aromatic carbocycles. The Balaban J connectivity index is 2.20. The summed E-state index contributed by atoms with van der Waals surface area (Å²) >= 11 is 3.55. The van der Waals surface area contributed by atoms with Crippen molar-refractivity contribution in [3.63, 3.8) is 0 Å². The fourth-order valence-corrected chi connectivity index (χ4v) is 2.78. The van der Waals surface area contributed by atoms with E-state index in [1.165, 1.54) is 5.56 Å². The van der Waals surface area contributed by atoms with Crippen molar-refractivity contribution in [2.75, 3.05) is 13.7 Å². The molecule has 1 atom stereocenters. The summed E-state index contributed by atoms with van der Waals surface area (Å²) < 4.78 is 7.98. The van der Waals surface area contributed by atoms with Crippen molar-refractivity contribution in [3.05, 3.63) is 40.1 Å². The standard InChI is InChI=1S/C15H21BrN4O/c1-4-7-17-14(9-12-10-20(2)19-18-12)11-5-6-15(21-3)13(16)8-11/h5-6,8,10,14,17H,4,7,9H2,1-3H3.